The second-order valence-electron chi connectivity index (χ2n) is 4.82. The monoisotopic (exact) mass is 305 g/mol. The lowest BCUT2D eigenvalue weighted by Gasteiger charge is -2.11. The van der Waals surface area contributed by atoms with Crippen LogP contribution in [0.2, 0.25) is 5.02 Å². The van der Waals surface area contributed by atoms with Gasteiger partial charge < -0.3 is 5.32 Å². The summed E-state index contributed by atoms with van der Waals surface area (Å²) in [7, 11) is 0. The van der Waals surface area contributed by atoms with Gasteiger partial charge in [-0.3, -0.25) is 4.99 Å². The summed E-state index contributed by atoms with van der Waals surface area (Å²) in [6.07, 6.45) is 4.20. The Balaban J connectivity index is 1.68. The average molecular weight is 306 g/mol. The highest BCUT2D eigenvalue weighted by atomic mass is 35.5. The van der Waals surface area contributed by atoms with Crippen LogP contribution in [0.4, 0.5) is 5.13 Å². The number of halogens is 1. The Morgan fingerprint density at radius 3 is 2.95 bits per heavy atom. The van der Waals surface area contributed by atoms with E-state index in [1.165, 1.54) is 12.8 Å². The summed E-state index contributed by atoms with van der Waals surface area (Å²) in [6.45, 7) is 0.931. The first-order valence-corrected chi connectivity index (χ1v) is 8.05. The standard InChI is InChI=1S/C15H16ClN3S/c16-13-6-2-1-5-11(13)9-12-10-20-15(18-12)19-14-7-3-4-8-17-14/h1-2,5-6,10H,3-4,7-9H2,(H,17,18,19). The first-order chi connectivity index (χ1) is 9.81. The molecule has 0 aliphatic carbocycles. The van der Waals surface area contributed by atoms with Gasteiger partial charge in [-0.1, -0.05) is 29.8 Å². The van der Waals surface area contributed by atoms with Crippen molar-refractivity contribution < 1.29 is 0 Å². The lowest BCUT2D eigenvalue weighted by molar-refractivity contribution is 0.737. The Labute approximate surface area is 127 Å². The number of thiazole rings is 1. The van der Waals surface area contributed by atoms with Crippen LogP contribution in [0, 0.1) is 0 Å². The number of rotatable bonds is 3. The van der Waals surface area contributed by atoms with E-state index in [0.29, 0.717) is 0 Å². The lowest BCUT2D eigenvalue weighted by Crippen LogP contribution is -2.15. The van der Waals surface area contributed by atoms with Gasteiger partial charge in [0.25, 0.3) is 0 Å². The summed E-state index contributed by atoms with van der Waals surface area (Å²) in [6, 6.07) is 7.91. The maximum Gasteiger partial charge on any atom is 0.188 e. The van der Waals surface area contributed by atoms with Gasteiger partial charge in [0.2, 0.25) is 0 Å². The summed E-state index contributed by atoms with van der Waals surface area (Å²) in [5.41, 5.74) is 2.16. The molecule has 1 aliphatic rings. The maximum atomic E-state index is 6.18. The fraction of sp³-hybridized carbons (Fsp3) is 0.333. The molecule has 0 spiro atoms. The van der Waals surface area contributed by atoms with Crippen molar-refractivity contribution in [3.05, 3.63) is 45.9 Å². The van der Waals surface area contributed by atoms with Gasteiger partial charge in [0, 0.05) is 29.8 Å². The van der Waals surface area contributed by atoms with Crippen molar-refractivity contribution in [3.63, 3.8) is 0 Å². The largest absolute Gasteiger partial charge is 0.320 e. The van der Waals surface area contributed by atoms with Crippen molar-refractivity contribution >= 4 is 33.9 Å². The Hall–Kier alpha value is -1.39. The molecule has 5 heteroatoms. The van der Waals surface area contributed by atoms with E-state index in [0.717, 1.165) is 46.6 Å². The molecule has 2 heterocycles. The third-order valence-corrected chi connectivity index (χ3v) is 4.43. The third-order valence-electron chi connectivity index (χ3n) is 3.26. The van der Waals surface area contributed by atoms with Crippen molar-refractivity contribution in [2.75, 3.05) is 11.9 Å². The number of hydrogen-bond donors (Lipinski definition) is 1. The number of aliphatic imine (C=N–C) groups is 1. The number of anilines is 1. The van der Waals surface area contributed by atoms with E-state index in [1.54, 1.807) is 11.3 Å². The molecule has 1 aliphatic heterocycles. The van der Waals surface area contributed by atoms with E-state index < -0.39 is 0 Å². The Bertz CT molecular complexity index is 621. The van der Waals surface area contributed by atoms with E-state index >= 15 is 0 Å². The first-order valence-electron chi connectivity index (χ1n) is 6.79. The minimum absolute atomic E-state index is 0.768. The number of nitrogens with zero attached hydrogens (tertiary/aromatic N) is 2. The molecule has 1 aromatic carbocycles. The van der Waals surface area contributed by atoms with Crippen LogP contribution < -0.4 is 5.32 Å². The maximum absolute atomic E-state index is 6.18. The molecule has 2 aromatic rings. The van der Waals surface area contributed by atoms with Gasteiger partial charge in [-0.2, -0.15) is 0 Å². The number of benzene rings is 1. The Kier molecular flexibility index (Phi) is 4.33. The van der Waals surface area contributed by atoms with Gasteiger partial charge in [0.05, 0.1) is 5.69 Å². The fourth-order valence-electron chi connectivity index (χ4n) is 2.21. The van der Waals surface area contributed by atoms with E-state index in [2.05, 4.69) is 20.7 Å². The molecular weight excluding hydrogens is 290 g/mol. The molecule has 1 aromatic heterocycles. The summed E-state index contributed by atoms with van der Waals surface area (Å²) in [5.74, 6) is 1.06. The van der Waals surface area contributed by atoms with Crippen molar-refractivity contribution in [1.82, 2.24) is 4.98 Å². The highest BCUT2D eigenvalue weighted by molar-refractivity contribution is 7.13. The van der Waals surface area contributed by atoms with E-state index in [1.807, 2.05) is 24.3 Å². The number of aromatic nitrogens is 1. The van der Waals surface area contributed by atoms with Crippen LogP contribution in [0.5, 0.6) is 0 Å². The molecule has 20 heavy (non-hydrogen) atoms. The van der Waals surface area contributed by atoms with Gasteiger partial charge >= 0.3 is 0 Å². The van der Waals surface area contributed by atoms with Crippen LogP contribution in [0.3, 0.4) is 0 Å². The van der Waals surface area contributed by atoms with Gasteiger partial charge in [0.15, 0.2) is 5.13 Å². The minimum Gasteiger partial charge on any atom is -0.320 e. The average Bonchev–Trinajstić information content (AvgIpc) is 2.90. The topological polar surface area (TPSA) is 37.3 Å². The number of nitrogens with one attached hydrogen (secondary N) is 1. The van der Waals surface area contributed by atoms with E-state index in [-0.39, 0.29) is 0 Å². The van der Waals surface area contributed by atoms with Crippen LogP contribution in [0.25, 0.3) is 0 Å². The highest BCUT2D eigenvalue weighted by Crippen LogP contribution is 2.22. The smallest absolute Gasteiger partial charge is 0.188 e. The van der Waals surface area contributed by atoms with Crippen LogP contribution in [0.1, 0.15) is 30.5 Å². The van der Waals surface area contributed by atoms with Crippen molar-refractivity contribution in [3.8, 4) is 0 Å². The molecule has 0 fully saturated rings. The zero-order chi connectivity index (χ0) is 13.8. The summed E-state index contributed by atoms with van der Waals surface area (Å²) in [5, 5.41) is 7.13. The predicted octanol–water partition coefficient (Wildman–Crippen LogP) is 4.38. The van der Waals surface area contributed by atoms with Crippen molar-refractivity contribution in [2.45, 2.75) is 25.7 Å². The lowest BCUT2D eigenvalue weighted by atomic mass is 10.1. The van der Waals surface area contributed by atoms with E-state index in [9.17, 15) is 0 Å². The third kappa shape index (κ3) is 3.38. The van der Waals surface area contributed by atoms with Crippen LogP contribution in [-0.4, -0.2) is 17.4 Å². The van der Waals surface area contributed by atoms with Gasteiger partial charge in [-0.25, -0.2) is 4.98 Å². The first kappa shape index (κ1) is 13.6. The number of amidine groups is 1. The molecule has 0 bridgehead atoms. The summed E-state index contributed by atoms with van der Waals surface area (Å²) in [4.78, 5) is 9.09. The zero-order valence-electron chi connectivity index (χ0n) is 11.1. The molecule has 0 radical (unpaired) electrons. The van der Waals surface area contributed by atoms with Gasteiger partial charge in [-0.05, 0) is 24.5 Å². The quantitative estimate of drug-likeness (QED) is 0.913. The highest BCUT2D eigenvalue weighted by Gasteiger charge is 2.09. The van der Waals surface area contributed by atoms with Gasteiger partial charge in [-0.15, -0.1) is 11.3 Å². The summed E-state index contributed by atoms with van der Waals surface area (Å²) < 4.78 is 0. The van der Waals surface area contributed by atoms with Gasteiger partial charge in [0.1, 0.15) is 5.84 Å². The minimum atomic E-state index is 0.768. The fourth-order valence-corrected chi connectivity index (χ4v) is 3.14. The van der Waals surface area contributed by atoms with Crippen LogP contribution >= 0.6 is 22.9 Å². The predicted molar refractivity (Wildman–Crippen MR) is 86.1 cm³/mol. The molecule has 0 unspecified atom stereocenters. The molecule has 3 nitrogen and oxygen atoms in total. The normalized spacial score (nSPS) is 14.9. The molecule has 1 N–H and O–H groups in total. The summed E-state index contributed by atoms with van der Waals surface area (Å²) >= 11 is 7.80. The SMILES string of the molecule is Clc1ccccc1Cc1csc(NC2=NCCCC2)n1. The Morgan fingerprint density at radius 2 is 2.15 bits per heavy atom. The molecule has 0 saturated carbocycles. The Morgan fingerprint density at radius 1 is 1.25 bits per heavy atom. The van der Waals surface area contributed by atoms with E-state index in [4.69, 9.17) is 11.6 Å². The van der Waals surface area contributed by atoms with Crippen molar-refractivity contribution in [1.29, 1.82) is 0 Å². The zero-order valence-corrected chi connectivity index (χ0v) is 12.7. The molecule has 104 valence electrons. The molecule has 0 amide bonds. The molecule has 3 rings (SSSR count). The van der Waals surface area contributed by atoms with Crippen LogP contribution in [0.15, 0.2) is 34.6 Å². The second-order valence-corrected chi connectivity index (χ2v) is 6.09. The number of hydrogen-bond acceptors (Lipinski definition) is 4. The molecule has 0 atom stereocenters. The molecule has 0 saturated heterocycles. The second kappa shape index (κ2) is 6.37. The van der Waals surface area contributed by atoms with Crippen molar-refractivity contribution in [2.24, 2.45) is 4.99 Å². The molecular formula is C15H16ClN3S. The van der Waals surface area contributed by atoms with Crippen LogP contribution in [-0.2, 0) is 6.42 Å².